The zero-order valence-corrected chi connectivity index (χ0v) is 14.3. The number of hydrogen-bond acceptors (Lipinski definition) is 3. The van der Waals surface area contributed by atoms with Crippen LogP contribution in [0, 0.1) is 5.82 Å². The van der Waals surface area contributed by atoms with Crippen LogP contribution in [0.5, 0.6) is 0 Å². The molecule has 6 heteroatoms. The Hall–Kier alpha value is -2.47. The van der Waals surface area contributed by atoms with Crippen molar-refractivity contribution in [2.75, 3.05) is 7.11 Å². The summed E-state index contributed by atoms with van der Waals surface area (Å²) in [5.74, 6) is -1.16. The van der Waals surface area contributed by atoms with Crippen molar-refractivity contribution in [1.29, 1.82) is 0 Å². The third-order valence-corrected chi connectivity index (χ3v) is 4.24. The van der Waals surface area contributed by atoms with Gasteiger partial charge < -0.3 is 9.30 Å². The first-order valence-electron chi connectivity index (χ1n) is 7.15. The van der Waals surface area contributed by atoms with Crippen molar-refractivity contribution < 1.29 is 13.9 Å². The van der Waals surface area contributed by atoms with E-state index in [1.54, 1.807) is 4.57 Å². The zero-order chi connectivity index (χ0) is 17.3. The average Bonchev–Trinajstić information content (AvgIpc) is 2.58. The lowest BCUT2D eigenvalue weighted by Crippen LogP contribution is -2.20. The summed E-state index contributed by atoms with van der Waals surface area (Å²) in [5, 5.41) is 0.274. The van der Waals surface area contributed by atoms with E-state index >= 15 is 0 Å². The maximum atomic E-state index is 13.7. The first kappa shape index (κ1) is 16.4. The summed E-state index contributed by atoms with van der Waals surface area (Å²) in [4.78, 5) is 24.3. The standard InChI is InChI=1S/C18H13BrFNO3/c1-24-18(23)15-10-21(9-11-2-4-12(19)5-3-11)16-8-13(20)6-7-14(16)17(15)22/h2-8,10H,9H2,1H3. The molecule has 1 heterocycles. The number of ether oxygens (including phenoxy) is 1. The van der Waals surface area contributed by atoms with Crippen LogP contribution in [0.25, 0.3) is 10.9 Å². The van der Waals surface area contributed by atoms with E-state index in [0.717, 1.165) is 10.0 Å². The third kappa shape index (κ3) is 3.10. The number of hydrogen-bond donors (Lipinski definition) is 0. The van der Waals surface area contributed by atoms with Crippen LogP contribution in [0.1, 0.15) is 15.9 Å². The van der Waals surface area contributed by atoms with Crippen LogP contribution in [0.4, 0.5) is 4.39 Å². The Morgan fingerprint density at radius 1 is 1.21 bits per heavy atom. The van der Waals surface area contributed by atoms with Gasteiger partial charge in [-0.15, -0.1) is 0 Å². The smallest absolute Gasteiger partial charge is 0.343 e. The van der Waals surface area contributed by atoms with Crippen molar-refractivity contribution in [3.05, 3.63) is 80.3 Å². The molecule has 3 rings (SSSR count). The molecule has 0 saturated carbocycles. The van der Waals surface area contributed by atoms with E-state index in [9.17, 15) is 14.0 Å². The highest BCUT2D eigenvalue weighted by Crippen LogP contribution is 2.17. The van der Waals surface area contributed by atoms with Gasteiger partial charge in [-0.3, -0.25) is 4.79 Å². The highest BCUT2D eigenvalue weighted by atomic mass is 79.9. The topological polar surface area (TPSA) is 48.3 Å². The molecular formula is C18H13BrFNO3. The quantitative estimate of drug-likeness (QED) is 0.641. The first-order chi connectivity index (χ1) is 11.5. The predicted octanol–water partition coefficient (Wildman–Crippen LogP) is 3.74. The molecule has 0 saturated heterocycles. The van der Waals surface area contributed by atoms with Gasteiger partial charge in [0.15, 0.2) is 0 Å². The molecule has 0 radical (unpaired) electrons. The molecule has 1 aromatic heterocycles. The minimum Gasteiger partial charge on any atom is -0.465 e. The van der Waals surface area contributed by atoms with Crippen molar-refractivity contribution >= 4 is 32.8 Å². The molecule has 0 unspecified atom stereocenters. The lowest BCUT2D eigenvalue weighted by Gasteiger charge is -2.13. The van der Waals surface area contributed by atoms with Crippen molar-refractivity contribution in [3.8, 4) is 0 Å². The number of halogens is 2. The first-order valence-corrected chi connectivity index (χ1v) is 7.94. The Bertz CT molecular complexity index is 980. The van der Waals surface area contributed by atoms with Gasteiger partial charge in [-0.2, -0.15) is 0 Å². The van der Waals surface area contributed by atoms with Crippen LogP contribution < -0.4 is 5.43 Å². The molecule has 2 aromatic carbocycles. The Morgan fingerprint density at radius 2 is 1.92 bits per heavy atom. The number of carbonyl (C=O) groups is 1. The van der Waals surface area contributed by atoms with E-state index in [0.29, 0.717) is 12.1 Å². The molecule has 0 aliphatic carbocycles. The second-order valence-electron chi connectivity index (χ2n) is 5.28. The monoisotopic (exact) mass is 389 g/mol. The molecule has 0 bridgehead atoms. The molecule has 0 amide bonds. The second-order valence-corrected chi connectivity index (χ2v) is 6.19. The third-order valence-electron chi connectivity index (χ3n) is 3.71. The van der Waals surface area contributed by atoms with Gasteiger partial charge in [0.2, 0.25) is 5.43 Å². The van der Waals surface area contributed by atoms with Gasteiger partial charge in [-0.1, -0.05) is 28.1 Å². The Kier molecular flexibility index (Phi) is 4.49. The summed E-state index contributed by atoms with van der Waals surface area (Å²) in [6, 6.07) is 11.5. The molecular weight excluding hydrogens is 377 g/mol. The molecule has 24 heavy (non-hydrogen) atoms. The van der Waals surface area contributed by atoms with Crippen LogP contribution in [0.3, 0.4) is 0 Å². The van der Waals surface area contributed by atoms with Crippen LogP contribution in [0.2, 0.25) is 0 Å². The van der Waals surface area contributed by atoms with Crippen molar-refractivity contribution in [1.82, 2.24) is 4.57 Å². The maximum Gasteiger partial charge on any atom is 0.343 e. The minimum atomic E-state index is -0.712. The summed E-state index contributed by atoms with van der Waals surface area (Å²) in [7, 11) is 1.22. The van der Waals surface area contributed by atoms with Crippen molar-refractivity contribution in [3.63, 3.8) is 0 Å². The second kappa shape index (κ2) is 6.57. The van der Waals surface area contributed by atoms with E-state index in [4.69, 9.17) is 0 Å². The highest BCUT2D eigenvalue weighted by Gasteiger charge is 2.16. The van der Waals surface area contributed by atoms with Gasteiger partial charge in [-0.25, -0.2) is 9.18 Å². The number of fused-ring (bicyclic) bond motifs is 1. The molecule has 122 valence electrons. The van der Waals surface area contributed by atoms with Crippen LogP contribution in [-0.4, -0.2) is 17.6 Å². The highest BCUT2D eigenvalue weighted by molar-refractivity contribution is 9.10. The number of nitrogens with zero attached hydrogens (tertiary/aromatic N) is 1. The zero-order valence-electron chi connectivity index (χ0n) is 12.8. The molecule has 0 spiro atoms. The van der Waals surface area contributed by atoms with E-state index in [2.05, 4.69) is 20.7 Å². The van der Waals surface area contributed by atoms with Crippen LogP contribution >= 0.6 is 15.9 Å². The summed E-state index contributed by atoms with van der Waals surface area (Å²) in [6.07, 6.45) is 1.41. The van der Waals surface area contributed by atoms with Gasteiger partial charge in [0.05, 0.1) is 12.6 Å². The number of carbonyl (C=O) groups excluding carboxylic acids is 1. The number of benzene rings is 2. The number of methoxy groups -OCH3 is 1. The van der Waals surface area contributed by atoms with Gasteiger partial charge in [-0.05, 0) is 35.9 Å². The fourth-order valence-electron chi connectivity index (χ4n) is 2.54. The van der Waals surface area contributed by atoms with Crippen molar-refractivity contribution in [2.24, 2.45) is 0 Å². The molecule has 0 N–H and O–H groups in total. The fourth-order valence-corrected chi connectivity index (χ4v) is 2.80. The summed E-state index contributed by atoms with van der Waals surface area (Å²) in [5.41, 5.74) is 0.830. The number of aromatic nitrogens is 1. The van der Waals surface area contributed by atoms with Gasteiger partial charge in [0.25, 0.3) is 0 Å². The normalized spacial score (nSPS) is 10.8. The van der Waals surface area contributed by atoms with Gasteiger partial charge in [0.1, 0.15) is 11.4 Å². The Morgan fingerprint density at radius 3 is 2.58 bits per heavy atom. The molecule has 0 aliphatic rings. The summed E-state index contributed by atoms with van der Waals surface area (Å²) in [6.45, 7) is 0.386. The average molecular weight is 390 g/mol. The molecule has 3 aromatic rings. The van der Waals surface area contributed by atoms with E-state index < -0.39 is 17.2 Å². The van der Waals surface area contributed by atoms with Gasteiger partial charge in [0, 0.05) is 22.6 Å². The summed E-state index contributed by atoms with van der Waals surface area (Å²) >= 11 is 3.37. The number of esters is 1. The van der Waals surface area contributed by atoms with E-state index in [-0.39, 0.29) is 10.9 Å². The molecule has 0 fully saturated rings. The van der Waals surface area contributed by atoms with Crippen LogP contribution in [-0.2, 0) is 11.3 Å². The molecule has 0 atom stereocenters. The Labute approximate surface area is 145 Å². The van der Waals surface area contributed by atoms with E-state index in [1.165, 1.54) is 31.5 Å². The van der Waals surface area contributed by atoms with Gasteiger partial charge >= 0.3 is 5.97 Å². The molecule has 0 aliphatic heterocycles. The predicted molar refractivity (Wildman–Crippen MR) is 92.7 cm³/mol. The SMILES string of the molecule is COC(=O)c1cn(Cc2ccc(Br)cc2)c2cc(F)ccc2c1=O. The molecule has 4 nitrogen and oxygen atoms in total. The number of rotatable bonds is 3. The lowest BCUT2D eigenvalue weighted by atomic mass is 10.1. The largest absolute Gasteiger partial charge is 0.465 e. The van der Waals surface area contributed by atoms with Crippen LogP contribution in [0.15, 0.2) is 57.9 Å². The maximum absolute atomic E-state index is 13.7. The lowest BCUT2D eigenvalue weighted by molar-refractivity contribution is 0.0598. The number of pyridine rings is 1. The fraction of sp³-hybridized carbons (Fsp3) is 0.111. The summed E-state index contributed by atoms with van der Waals surface area (Å²) < 4.78 is 20.9. The van der Waals surface area contributed by atoms with E-state index in [1.807, 2.05) is 24.3 Å². The minimum absolute atomic E-state index is 0.0753. The Balaban J connectivity index is 2.22. The van der Waals surface area contributed by atoms with Crippen molar-refractivity contribution in [2.45, 2.75) is 6.54 Å².